The number of rotatable bonds is 9. The molecule has 0 rings (SSSR count). The van der Waals surface area contributed by atoms with E-state index >= 15 is 0 Å². The minimum Gasteiger partial charge on any atom is -0.309 e. The van der Waals surface area contributed by atoms with Crippen LogP contribution in [0.15, 0.2) is 0 Å². The smallest absolute Gasteiger partial charge is 0.309 e. The van der Waals surface area contributed by atoms with Crippen LogP contribution >= 0.6 is 0 Å². The van der Waals surface area contributed by atoms with E-state index < -0.39 is 27.8 Å². The molecule has 10 heteroatoms. The Balaban J connectivity index is 4.88. The van der Waals surface area contributed by atoms with E-state index in [1.165, 1.54) is 0 Å². The highest BCUT2D eigenvalue weighted by molar-refractivity contribution is 6.74. The maximum Gasteiger partial charge on any atom is 0.318 e. The highest BCUT2D eigenvalue weighted by atomic mass is 28.4. The summed E-state index contributed by atoms with van der Waals surface area (Å²) in [7, 11) is 18.7. The third kappa shape index (κ3) is 6.89. The molecule has 20 heavy (non-hydrogen) atoms. The highest BCUT2D eigenvalue weighted by Crippen LogP contribution is 1.93. The van der Waals surface area contributed by atoms with Gasteiger partial charge in [0.1, 0.15) is 0 Å². The number of hydrogen-bond donors (Lipinski definition) is 2. The third-order valence-corrected chi connectivity index (χ3v) is 10.6. The molecule has 3 radical (unpaired) electrons. The minimum absolute atomic E-state index is 0.881. The quantitative estimate of drug-likeness (QED) is 0.469. The van der Waals surface area contributed by atoms with Crippen LogP contribution < -0.4 is 9.30 Å². The van der Waals surface area contributed by atoms with Gasteiger partial charge in [0.05, 0.1) is 0 Å². The summed E-state index contributed by atoms with van der Waals surface area (Å²) < 4.78 is 19.1. The Morgan fingerprint density at radius 1 is 0.450 bits per heavy atom. The van der Waals surface area contributed by atoms with Gasteiger partial charge in [0, 0.05) is 0 Å². The monoisotopic (exact) mass is 334 g/mol. The standard InChI is InChI=1S/C10H32N7Si3/c1-13(2)18(11-19(14(3)4)15(5)6)12-20(16(7)8)17(9)10/h11-12H,1-10H3. The lowest BCUT2D eigenvalue weighted by molar-refractivity contribution is 0.491. The Kier molecular flexibility index (Phi) is 9.57. The molecule has 0 aliphatic rings. The van der Waals surface area contributed by atoms with Crippen molar-refractivity contribution in [2.75, 3.05) is 70.5 Å². The van der Waals surface area contributed by atoms with E-state index in [9.17, 15) is 0 Å². The van der Waals surface area contributed by atoms with Crippen molar-refractivity contribution < 1.29 is 0 Å². The van der Waals surface area contributed by atoms with Gasteiger partial charge in [-0.2, -0.15) is 0 Å². The van der Waals surface area contributed by atoms with Gasteiger partial charge >= 0.3 is 27.8 Å². The van der Waals surface area contributed by atoms with Crippen molar-refractivity contribution in [2.24, 2.45) is 0 Å². The Morgan fingerprint density at radius 3 is 0.850 bits per heavy atom. The molecule has 0 bridgehead atoms. The van der Waals surface area contributed by atoms with Crippen molar-refractivity contribution in [3.63, 3.8) is 0 Å². The van der Waals surface area contributed by atoms with Crippen LogP contribution in [-0.2, 0) is 0 Å². The molecular formula is C10H32N7Si3. The Labute approximate surface area is 131 Å². The molecule has 0 saturated carbocycles. The Morgan fingerprint density at radius 2 is 0.700 bits per heavy atom. The van der Waals surface area contributed by atoms with Crippen LogP contribution in [0.25, 0.3) is 0 Å². The summed E-state index contributed by atoms with van der Waals surface area (Å²) in [4.78, 5) is 0. The van der Waals surface area contributed by atoms with Gasteiger partial charge in [0.2, 0.25) is 0 Å². The minimum atomic E-state index is -0.981. The van der Waals surface area contributed by atoms with Crippen LogP contribution in [0.5, 0.6) is 0 Å². The fourth-order valence-corrected chi connectivity index (χ4v) is 11.2. The summed E-state index contributed by atoms with van der Waals surface area (Å²) >= 11 is 0. The predicted molar refractivity (Wildman–Crippen MR) is 92.0 cm³/mol. The maximum absolute atomic E-state index is 3.84. The molecule has 0 aromatic heterocycles. The van der Waals surface area contributed by atoms with E-state index in [1.54, 1.807) is 0 Å². The van der Waals surface area contributed by atoms with Gasteiger partial charge in [0.15, 0.2) is 0 Å². The van der Waals surface area contributed by atoms with Crippen molar-refractivity contribution in [3.05, 3.63) is 0 Å². The van der Waals surface area contributed by atoms with Crippen LogP contribution in [-0.4, -0.2) is 121 Å². The topological polar surface area (TPSA) is 40.3 Å². The lowest BCUT2D eigenvalue weighted by Crippen LogP contribution is -2.74. The number of hydrogen-bond acceptors (Lipinski definition) is 7. The van der Waals surface area contributed by atoms with E-state index in [2.05, 4.69) is 103 Å². The average molecular weight is 335 g/mol. The Hall–Kier alpha value is 0.371. The van der Waals surface area contributed by atoms with E-state index in [0.717, 1.165) is 0 Å². The zero-order valence-corrected chi connectivity index (χ0v) is 17.7. The molecule has 0 heterocycles. The normalized spacial score (nSPS) is 13.5. The van der Waals surface area contributed by atoms with Gasteiger partial charge < -0.3 is 32.1 Å². The van der Waals surface area contributed by atoms with Crippen molar-refractivity contribution in [2.45, 2.75) is 0 Å². The first-order chi connectivity index (χ1) is 9.07. The first-order valence-electron chi connectivity index (χ1n) is 6.59. The molecule has 119 valence electrons. The zero-order chi connectivity index (χ0) is 16.0. The molecular weight excluding hydrogens is 302 g/mol. The molecule has 7 nitrogen and oxygen atoms in total. The molecule has 0 fully saturated rings. The molecule has 0 saturated heterocycles. The van der Waals surface area contributed by atoms with Gasteiger partial charge in [-0.3, -0.25) is 0 Å². The second-order valence-electron chi connectivity index (χ2n) is 5.72. The van der Waals surface area contributed by atoms with E-state index in [-0.39, 0.29) is 0 Å². The first kappa shape index (κ1) is 20.4. The van der Waals surface area contributed by atoms with Crippen LogP contribution in [0.1, 0.15) is 0 Å². The van der Waals surface area contributed by atoms with E-state index in [0.29, 0.717) is 0 Å². The van der Waals surface area contributed by atoms with Crippen molar-refractivity contribution in [1.29, 1.82) is 0 Å². The zero-order valence-electron chi connectivity index (χ0n) is 14.7. The van der Waals surface area contributed by atoms with Gasteiger partial charge in [-0.05, 0) is 70.5 Å². The second-order valence-corrected chi connectivity index (χ2v) is 14.2. The van der Waals surface area contributed by atoms with Gasteiger partial charge in [-0.25, -0.2) is 0 Å². The Bertz CT molecular complexity index is 225. The maximum atomic E-state index is 3.84. The van der Waals surface area contributed by atoms with Crippen molar-refractivity contribution >= 4 is 27.8 Å². The molecule has 0 atom stereocenters. The van der Waals surface area contributed by atoms with Crippen molar-refractivity contribution in [3.8, 4) is 0 Å². The molecule has 2 N–H and O–H groups in total. The lowest BCUT2D eigenvalue weighted by atomic mass is 11.3. The van der Waals surface area contributed by atoms with Crippen LogP contribution in [0.2, 0.25) is 0 Å². The highest BCUT2D eigenvalue weighted by Gasteiger charge is 2.31. The fourth-order valence-electron chi connectivity index (χ4n) is 1.71. The van der Waals surface area contributed by atoms with Crippen LogP contribution in [0.4, 0.5) is 0 Å². The fraction of sp³-hybridized carbons (Fsp3) is 1.00. The first-order valence-corrected chi connectivity index (χ1v) is 10.8. The largest absolute Gasteiger partial charge is 0.318 e. The van der Waals surface area contributed by atoms with Crippen molar-refractivity contribution in [1.82, 2.24) is 32.1 Å². The summed E-state index contributed by atoms with van der Waals surface area (Å²) in [5.41, 5.74) is 0. The average Bonchev–Trinajstić information content (AvgIpc) is 2.26. The molecule has 0 aromatic carbocycles. The van der Waals surface area contributed by atoms with Crippen LogP contribution in [0.3, 0.4) is 0 Å². The summed E-state index contributed by atoms with van der Waals surface area (Å²) in [6.07, 6.45) is 0. The molecule has 0 amide bonds. The molecule has 0 unspecified atom stereocenters. The van der Waals surface area contributed by atoms with Gasteiger partial charge in [0.25, 0.3) is 0 Å². The molecule has 0 spiro atoms. The molecule has 0 aliphatic heterocycles. The summed E-state index contributed by atoms with van der Waals surface area (Å²) in [6, 6.07) is 0. The summed E-state index contributed by atoms with van der Waals surface area (Å²) in [5, 5.41) is 0. The SMILES string of the molecule is CN(C)[Si](N[Si](N(C)C)N(C)C)N[Si](N(C)C)N(C)C. The second kappa shape index (κ2) is 9.40. The van der Waals surface area contributed by atoms with E-state index in [4.69, 9.17) is 0 Å². The van der Waals surface area contributed by atoms with Crippen LogP contribution in [0, 0.1) is 0 Å². The number of nitrogens with zero attached hydrogens (tertiary/aromatic N) is 5. The molecule has 0 aliphatic carbocycles. The lowest BCUT2D eigenvalue weighted by Gasteiger charge is -2.36. The molecule has 0 aromatic rings. The predicted octanol–water partition coefficient (Wildman–Crippen LogP) is -2.07. The summed E-state index contributed by atoms with van der Waals surface area (Å²) in [6.45, 7) is 0. The number of nitrogens with one attached hydrogen (secondary N) is 2. The van der Waals surface area contributed by atoms with E-state index in [1.807, 2.05) is 0 Å². The van der Waals surface area contributed by atoms with Gasteiger partial charge in [-0.15, -0.1) is 0 Å². The third-order valence-electron chi connectivity index (χ3n) is 2.60. The van der Waals surface area contributed by atoms with Gasteiger partial charge in [-0.1, -0.05) is 0 Å². The summed E-state index contributed by atoms with van der Waals surface area (Å²) in [5.74, 6) is 0.